The Morgan fingerprint density at radius 1 is 1.04 bits per heavy atom. The van der Waals surface area contributed by atoms with Crippen LogP contribution in [0.4, 0.5) is 5.69 Å². The molecule has 1 fully saturated rings. The molecule has 1 atom stereocenters. The van der Waals surface area contributed by atoms with Crippen molar-refractivity contribution in [2.75, 3.05) is 18.0 Å². The van der Waals surface area contributed by atoms with E-state index in [1.165, 1.54) is 12.0 Å². The SMILES string of the molecule is Cc1ccc(N2C[C@@H](CNS(=O)(=O)c3ccc4c(c3)CCCC4)CC2=O)cc1. The second-order valence-corrected chi connectivity index (χ2v) is 9.67. The highest BCUT2D eigenvalue weighted by molar-refractivity contribution is 7.89. The monoisotopic (exact) mass is 398 g/mol. The zero-order valence-corrected chi connectivity index (χ0v) is 17.0. The van der Waals surface area contributed by atoms with Gasteiger partial charge in [-0.25, -0.2) is 13.1 Å². The molecule has 2 aliphatic rings. The second kappa shape index (κ2) is 7.68. The van der Waals surface area contributed by atoms with Gasteiger partial charge >= 0.3 is 0 Å². The van der Waals surface area contributed by atoms with Crippen LogP contribution in [0.5, 0.6) is 0 Å². The summed E-state index contributed by atoms with van der Waals surface area (Å²) in [5.41, 5.74) is 4.43. The highest BCUT2D eigenvalue weighted by atomic mass is 32.2. The molecule has 1 aliphatic heterocycles. The van der Waals surface area contributed by atoms with Gasteiger partial charge < -0.3 is 4.90 Å². The number of fused-ring (bicyclic) bond motifs is 1. The van der Waals surface area contributed by atoms with Crippen LogP contribution in [0.25, 0.3) is 0 Å². The number of carbonyl (C=O) groups excluding carboxylic acids is 1. The number of benzene rings is 2. The Hall–Kier alpha value is -2.18. The normalized spacial score (nSPS) is 19.7. The van der Waals surface area contributed by atoms with E-state index in [0.717, 1.165) is 36.1 Å². The van der Waals surface area contributed by atoms with Crippen LogP contribution in [0.2, 0.25) is 0 Å². The van der Waals surface area contributed by atoms with Crippen molar-refractivity contribution in [2.24, 2.45) is 5.92 Å². The molecule has 28 heavy (non-hydrogen) atoms. The molecule has 2 aromatic rings. The molecule has 2 aromatic carbocycles. The standard InChI is InChI=1S/C22H26N2O3S/c1-16-6-9-20(10-7-16)24-15-17(12-22(24)25)14-23-28(26,27)21-11-8-18-4-2-3-5-19(18)13-21/h6-11,13,17,23H,2-5,12,14-15H2,1H3/t17-/m1/s1. The Labute approximate surface area is 166 Å². The van der Waals surface area contributed by atoms with Gasteiger partial charge in [0.25, 0.3) is 0 Å². The van der Waals surface area contributed by atoms with E-state index < -0.39 is 10.0 Å². The van der Waals surface area contributed by atoms with E-state index in [2.05, 4.69) is 4.72 Å². The van der Waals surface area contributed by atoms with Gasteiger partial charge in [-0.2, -0.15) is 0 Å². The fourth-order valence-electron chi connectivity index (χ4n) is 4.08. The first-order valence-corrected chi connectivity index (χ1v) is 11.4. The van der Waals surface area contributed by atoms with Crippen LogP contribution in [0, 0.1) is 12.8 Å². The number of anilines is 1. The highest BCUT2D eigenvalue weighted by Gasteiger charge is 2.31. The van der Waals surface area contributed by atoms with Crippen LogP contribution in [-0.2, 0) is 27.7 Å². The number of hydrogen-bond acceptors (Lipinski definition) is 3. The average Bonchev–Trinajstić information content (AvgIpc) is 3.07. The fraction of sp³-hybridized carbons (Fsp3) is 0.409. The third kappa shape index (κ3) is 3.98. The summed E-state index contributed by atoms with van der Waals surface area (Å²) in [5.74, 6) is 0.0167. The Bertz CT molecular complexity index is 983. The minimum atomic E-state index is -3.57. The molecular formula is C22H26N2O3S. The molecule has 6 heteroatoms. The zero-order valence-electron chi connectivity index (χ0n) is 16.1. The van der Waals surface area contributed by atoms with Gasteiger partial charge in [-0.3, -0.25) is 4.79 Å². The van der Waals surface area contributed by atoms with Crippen molar-refractivity contribution in [3.05, 3.63) is 59.2 Å². The summed E-state index contributed by atoms with van der Waals surface area (Å²) in [6.45, 7) is 2.82. The van der Waals surface area contributed by atoms with Gasteiger partial charge in [-0.05, 0) is 73.9 Å². The quantitative estimate of drug-likeness (QED) is 0.841. The van der Waals surface area contributed by atoms with Crippen LogP contribution in [0.3, 0.4) is 0 Å². The summed E-state index contributed by atoms with van der Waals surface area (Å²) in [6.07, 6.45) is 4.62. The van der Waals surface area contributed by atoms with Gasteiger partial charge in [0.05, 0.1) is 4.90 Å². The van der Waals surface area contributed by atoms with Gasteiger partial charge in [0.1, 0.15) is 0 Å². The number of amides is 1. The molecule has 5 nitrogen and oxygen atoms in total. The number of sulfonamides is 1. The van der Waals surface area contributed by atoms with E-state index in [9.17, 15) is 13.2 Å². The molecule has 148 valence electrons. The molecule has 1 amide bonds. The van der Waals surface area contributed by atoms with Crippen LogP contribution in [-0.4, -0.2) is 27.4 Å². The molecule has 1 aliphatic carbocycles. The maximum Gasteiger partial charge on any atom is 0.240 e. The molecule has 0 unspecified atom stereocenters. The lowest BCUT2D eigenvalue weighted by Gasteiger charge is -2.18. The number of nitrogens with zero attached hydrogens (tertiary/aromatic N) is 1. The first-order valence-electron chi connectivity index (χ1n) is 9.91. The third-order valence-electron chi connectivity index (χ3n) is 5.74. The fourth-order valence-corrected chi connectivity index (χ4v) is 5.25. The number of rotatable bonds is 5. The van der Waals surface area contributed by atoms with E-state index in [4.69, 9.17) is 0 Å². The molecule has 1 saturated heterocycles. The maximum absolute atomic E-state index is 12.7. The van der Waals surface area contributed by atoms with Gasteiger partial charge in [-0.1, -0.05) is 23.8 Å². The third-order valence-corrected chi connectivity index (χ3v) is 7.16. The van der Waals surface area contributed by atoms with Crippen molar-refractivity contribution < 1.29 is 13.2 Å². The summed E-state index contributed by atoms with van der Waals surface area (Å²) in [5, 5.41) is 0. The molecule has 1 N–H and O–H groups in total. The van der Waals surface area contributed by atoms with Crippen LogP contribution >= 0.6 is 0 Å². The highest BCUT2D eigenvalue weighted by Crippen LogP contribution is 2.26. The number of nitrogens with one attached hydrogen (secondary N) is 1. The summed E-state index contributed by atoms with van der Waals surface area (Å²) in [6, 6.07) is 13.3. The lowest BCUT2D eigenvalue weighted by atomic mass is 9.92. The molecule has 0 radical (unpaired) electrons. The van der Waals surface area contributed by atoms with Crippen LogP contribution < -0.4 is 9.62 Å². The van der Waals surface area contributed by atoms with Crippen LogP contribution in [0.1, 0.15) is 36.0 Å². The van der Waals surface area contributed by atoms with E-state index >= 15 is 0 Å². The summed E-state index contributed by atoms with van der Waals surface area (Å²) < 4.78 is 28.2. The zero-order chi connectivity index (χ0) is 19.7. The molecule has 0 spiro atoms. The Morgan fingerprint density at radius 2 is 1.75 bits per heavy atom. The van der Waals surface area contributed by atoms with Crippen molar-refractivity contribution in [1.29, 1.82) is 0 Å². The second-order valence-electron chi connectivity index (χ2n) is 7.90. The molecule has 1 heterocycles. The van der Waals surface area contributed by atoms with Gasteiger partial charge in [0.15, 0.2) is 0 Å². The average molecular weight is 399 g/mol. The Morgan fingerprint density at radius 3 is 2.50 bits per heavy atom. The first kappa shape index (κ1) is 19.2. The lowest BCUT2D eigenvalue weighted by Crippen LogP contribution is -2.31. The summed E-state index contributed by atoms with van der Waals surface area (Å²) in [7, 11) is -3.57. The number of hydrogen-bond donors (Lipinski definition) is 1. The molecule has 4 rings (SSSR count). The maximum atomic E-state index is 12.7. The largest absolute Gasteiger partial charge is 0.312 e. The molecular weight excluding hydrogens is 372 g/mol. The predicted octanol–water partition coefficient (Wildman–Crippen LogP) is 3.21. The lowest BCUT2D eigenvalue weighted by molar-refractivity contribution is -0.117. The Balaban J connectivity index is 1.41. The van der Waals surface area contributed by atoms with Crippen molar-refractivity contribution >= 4 is 21.6 Å². The molecule has 0 saturated carbocycles. The van der Waals surface area contributed by atoms with Crippen molar-refractivity contribution in [2.45, 2.75) is 43.9 Å². The minimum absolute atomic E-state index is 0.0267. The smallest absolute Gasteiger partial charge is 0.240 e. The van der Waals surface area contributed by atoms with E-state index in [0.29, 0.717) is 17.9 Å². The summed E-state index contributed by atoms with van der Waals surface area (Å²) >= 11 is 0. The first-order chi connectivity index (χ1) is 13.4. The van der Waals surface area contributed by atoms with E-state index in [1.807, 2.05) is 43.3 Å². The Kier molecular flexibility index (Phi) is 5.25. The van der Waals surface area contributed by atoms with Gasteiger partial charge in [0, 0.05) is 25.2 Å². The van der Waals surface area contributed by atoms with Crippen molar-refractivity contribution in [1.82, 2.24) is 4.72 Å². The van der Waals surface area contributed by atoms with Crippen molar-refractivity contribution in [3.63, 3.8) is 0 Å². The topological polar surface area (TPSA) is 66.5 Å². The van der Waals surface area contributed by atoms with Crippen molar-refractivity contribution in [3.8, 4) is 0 Å². The molecule has 0 bridgehead atoms. The van der Waals surface area contributed by atoms with Gasteiger partial charge in [-0.15, -0.1) is 0 Å². The molecule has 0 aromatic heterocycles. The van der Waals surface area contributed by atoms with Crippen LogP contribution in [0.15, 0.2) is 47.4 Å². The minimum Gasteiger partial charge on any atom is -0.312 e. The van der Waals surface area contributed by atoms with E-state index in [1.54, 1.807) is 11.0 Å². The number of carbonyl (C=O) groups is 1. The summed E-state index contributed by atoms with van der Waals surface area (Å²) in [4.78, 5) is 14.4. The predicted molar refractivity (Wildman–Crippen MR) is 110 cm³/mol. The number of aryl methyl sites for hydroxylation is 3. The van der Waals surface area contributed by atoms with Gasteiger partial charge in [0.2, 0.25) is 15.9 Å². The van der Waals surface area contributed by atoms with E-state index in [-0.39, 0.29) is 18.4 Å².